The molecule has 1 heterocycles. The monoisotopic (exact) mass is 203 g/mol. The Kier molecular flexibility index (Phi) is 5.83. The third-order valence-corrected chi connectivity index (χ3v) is 2.88. The Hall–Kier alpha value is 0.270. The average Bonchev–Trinajstić information content (AvgIpc) is 2.64. The fourth-order valence-corrected chi connectivity index (χ4v) is 1.89. The molecule has 1 atom stereocenters. The first kappa shape index (κ1) is 11.3. The number of hydrogen-bond donors (Lipinski definition) is 1. The summed E-state index contributed by atoms with van der Waals surface area (Å²) in [5.41, 5.74) is 0. The topological polar surface area (TPSA) is 12.5 Å². The van der Waals surface area contributed by atoms with Crippen LogP contribution in [0.1, 0.15) is 26.2 Å². The van der Waals surface area contributed by atoms with Gasteiger partial charge < -0.3 is 9.64 Å². The van der Waals surface area contributed by atoms with E-state index in [0.717, 1.165) is 25.4 Å². The zero-order valence-electron chi connectivity index (χ0n) is 8.54. The summed E-state index contributed by atoms with van der Waals surface area (Å²) in [6.45, 7) is 6.60. The maximum atomic E-state index is 5.60. The van der Waals surface area contributed by atoms with E-state index in [0.29, 0.717) is 6.10 Å². The predicted molar refractivity (Wildman–Crippen MR) is 59.6 cm³/mol. The Morgan fingerprint density at radius 2 is 2.38 bits per heavy atom. The van der Waals surface area contributed by atoms with E-state index in [1.54, 1.807) is 0 Å². The summed E-state index contributed by atoms with van der Waals surface area (Å²) in [5.74, 6) is 0.988. The summed E-state index contributed by atoms with van der Waals surface area (Å²) in [6, 6.07) is 0. The summed E-state index contributed by atoms with van der Waals surface area (Å²) in [7, 11) is 0. The summed E-state index contributed by atoms with van der Waals surface area (Å²) in [6.07, 6.45) is 4.18. The molecule has 0 bridgehead atoms. The maximum Gasteiger partial charge on any atom is 0.0702 e. The van der Waals surface area contributed by atoms with Crippen molar-refractivity contribution in [1.82, 2.24) is 4.90 Å². The van der Waals surface area contributed by atoms with Crippen molar-refractivity contribution in [3.05, 3.63) is 0 Å². The second kappa shape index (κ2) is 6.68. The van der Waals surface area contributed by atoms with Crippen LogP contribution in [0.25, 0.3) is 0 Å². The van der Waals surface area contributed by atoms with E-state index in [4.69, 9.17) is 4.74 Å². The van der Waals surface area contributed by atoms with Crippen LogP contribution in [0.15, 0.2) is 0 Å². The molecular weight excluding hydrogens is 182 g/mol. The molecule has 1 aliphatic rings. The van der Waals surface area contributed by atoms with Crippen molar-refractivity contribution in [2.24, 2.45) is 0 Å². The number of hydrogen-bond acceptors (Lipinski definition) is 3. The molecule has 78 valence electrons. The minimum atomic E-state index is 0.500. The van der Waals surface area contributed by atoms with Crippen LogP contribution in [0, 0.1) is 0 Å². The number of nitrogens with zero attached hydrogens (tertiary/aromatic N) is 1. The van der Waals surface area contributed by atoms with Gasteiger partial charge in [-0.1, -0.05) is 6.92 Å². The van der Waals surface area contributed by atoms with Crippen LogP contribution in [0.5, 0.6) is 0 Å². The van der Waals surface area contributed by atoms with E-state index < -0.39 is 0 Å². The highest BCUT2D eigenvalue weighted by Crippen LogP contribution is 2.13. The highest BCUT2D eigenvalue weighted by molar-refractivity contribution is 7.80. The van der Waals surface area contributed by atoms with Crippen molar-refractivity contribution in [3.63, 3.8) is 0 Å². The highest BCUT2D eigenvalue weighted by Gasteiger charge is 2.17. The number of rotatable bonds is 6. The van der Waals surface area contributed by atoms with Crippen LogP contribution in [0.3, 0.4) is 0 Å². The lowest BCUT2D eigenvalue weighted by Gasteiger charge is -2.23. The minimum Gasteiger partial charge on any atom is -0.377 e. The van der Waals surface area contributed by atoms with E-state index in [-0.39, 0.29) is 0 Å². The van der Waals surface area contributed by atoms with Crippen molar-refractivity contribution in [1.29, 1.82) is 0 Å². The average molecular weight is 203 g/mol. The molecule has 0 spiro atoms. The van der Waals surface area contributed by atoms with Gasteiger partial charge in [-0.3, -0.25) is 0 Å². The van der Waals surface area contributed by atoms with Gasteiger partial charge in [-0.2, -0.15) is 12.6 Å². The first-order chi connectivity index (χ1) is 6.36. The molecule has 0 aromatic carbocycles. The Bertz CT molecular complexity index is 126. The molecule has 1 aliphatic heterocycles. The van der Waals surface area contributed by atoms with Crippen molar-refractivity contribution >= 4 is 12.6 Å². The third-order valence-electron chi connectivity index (χ3n) is 2.57. The Labute approximate surface area is 87.0 Å². The molecule has 0 saturated carbocycles. The molecule has 1 saturated heterocycles. The second-order valence-corrected chi connectivity index (χ2v) is 4.05. The van der Waals surface area contributed by atoms with Crippen LogP contribution >= 0.6 is 12.6 Å². The molecule has 3 heteroatoms. The maximum absolute atomic E-state index is 5.60. The normalized spacial score (nSPS) is 22.8. The molecule has 0 aliphatic carbocycles. The number of thiol groups is 1. The van der Waals surface area contributed by atoms with Gasteiger partial charge in [-0.15, -0.1) is 0 Å². The Balaban J connectivity index is 2.13. The highest BCUT2D eigenvalue weighted by atomic mass is 32.1. The predicted octanol–water partition coefficient (Wildman–Crippen LogP) is 1.81. The summed E-state index contributed by atoms with van der Waals surface area (Å²) < 4.78 is 5.60. The van der Waals surface area contributed by atoms with Gasteiger partial charge in [0.05, 0.1) is 6.10 Å². The van der Waals surface area contributed by atoms with Gasteiger partial charge in [0.2, 0.25) is 0 Å². The standard InChI is InChI=1S/C10H21NOS/c1-2-11(6-4-8-13)9-10-5-3-7-12-10/h10,13H,2-9H2,1H3. The van der Waals surface area contributed by atoms with Gasteiger partial charge in [0.25, 0.3) is 0 Å². The Morgan fingerprint density at radius 3 is 2.92 bits per heavy atom. The molecular formula is C10H21NOS. The lowest BCUT2D eigenvalue weighted by Crippen LogP contribution is -2.33. The first-order valence-electron chi connectivity index (χ1n) is 5.31. The largest absolute Gasteiger partial charge is 0.377 e. The van der Waals surface area contributed by atoms with E-state index in [1.165, 1.54) is 25.8 Å². The van der Waals surface area contributed by atoms with E-state index in [9.17, 15) is 0 Å². The van der Waals surface area contributed by atoms with Crippen molar-refractivity contribution in [3.8, 4) is 0 Å². The lowest BCUT2D eigenvalue weighted by molar-refractivity contribution is 0.0750. The zero-order valence-corrected chi connectivity index (χ0v) is 9.43. The van der Waals surface area contributed by atoms with E-state index in [2.05, 4.69) is 24.5 Å². The van der Waals surface area contributed by atoms with Crippen LogP contribution in [-0.2, 0) is 4.74 Å². The molecule has 2 nitrogen and oxygen atoms in total. The van der Waals surface area contributed by atoms with Gasteiger partial charge in [-0.25, -0.2) is 0 Å². The van der Waals surface area contributed by atoms with Crippen molar-refractivity contribution in [2.75, 3.05) is 32.0 Å². The summed E-state index contributed by atoms with van der Waals surface area (Å²) >= 11 is 4.22. The van der Waals surface area contributed by atoms with E-state index >= 15 is 0 Å². The van der Waals surface area contributed by atoms with Gasteiger partial charge in [0.1, 0.15) is 0 Å². The fourth-order valence-electron chi connectivity index (χ4n) is 1.75. The third kappa shape index (κ3) is 4.34. The van der Waals surface area contributed by atoms with Gasteiger partial charge >= 0.3 is 0 Å². The molecule has 0 N–H and O–H groups in total. The van der Waals surface area contributed by atoms with Crippen LogP contribution < -0.4 is 0 Å². The molecule has 0 amide bonds. The lowest BCUT2D eigenvalue weighted by atomic mass is 10.2. The zero-order chi connectivity index (χ0) is 9.52. The molecule has 13 heavy (non-hydrogen) atoms. The Morgan fingerprint density at radius 1 is 1.54 bits per heavy atom. The van der Waals surface area contributed by atoms with Crippen LogP contribution in [-0.4, -0.2) is 43.0 Å². The van der Waals surface area contributed by atoms with Crippen LogP contribution in [0.4, 0.5) is 0 Å². The molecule has 0 aromatic rings. The second-order valence-electron chi connectivity index (χ2n) is 3.61. The molecule has 0 aromatic heterocycles. The van der Waals surface area contributed by atoms with Gasteiger partial charge in [0, 0.05) is 13.2 Å². The quantitative estimate of drug-likeness (QED) is 0.661. The number of likely N-dealkylation sites (N-methyl/N-ethyl adjacent to an activating group) is 1. The van der Waals surface area contributed by atoms with E-state index in [1.807, 2.05) is 0 Å². The smallest absolute Gasteiger partial charge is 0.0702 e. The molecule has 1 rings (SSSR count). The summed E-state index contributed by atoms with van der Waals surface area (Å²) in [4.78, 5) is 2.46. The summed E-state index contributed by atoms with van der Waals surface area (Å²) in [5, 5.41) is 0. The SMILES string of the molecule is CCN(CCCS)CC1CCCO1. The van der Waals surface area contributed by atoms with Crippen molar-refractivity contribution in [2.45, 2.75) is 32.3 Å². The van der Waals surface area contributed by atoms with Crippen LogP contribution in [0.2, 0.25) is 0 Å². The molecule has 1 unspecified atom stereocenters. The minimum absolute atomic E-state index is 0.500. The molecule has 0 radical (unpaired) electrons. The molecule has 1 fully saturated rings. The van der Waals surface area contributed by atoms with Gasteiger partial charge in [-0.05, 0) is 38.1 Å². The number of ether oxygens (including phenoxy) is 1. The van der Waals surface area contributed by atoms with Crippen molar-refractivity contribution < 1.29 is 4.74 Å². The first-order valence-corrected chi connectivity index (χ1v) is 5.95. The fraction of sp³-hybridized carbons (Fsp3) is 1.00. The van der Waals surface area contributed by atoms with Gasteiger partial charge in [0.15, 0.2) is 0 Å².